The van der Waals surface area contributed by atoms with Crippen molar-refractivity contribution in [2.24, 2.45) is 0 Å². The van der Waals surface area contributed by atoms with Gasteiger partial charge in [-0.1, -0.05) is 18.2 Å². The molecule has 3 aromatic heterocycles. The molecule has 0 saturated carbocycles. The van der Waals surface area contributed by atoms with Crippen LogP contribution in [0.5, 0.6) is 11.6 Å². The molecule has 1 fully saturated rings. The molecule has 0 spiro atoms. The minimum atomic E-state index is -0.559. The number of benzene rings is 2. The number of pyridine rings is 1. The van der Waals surface area contributed by atoms with Crippen molar-refractivity contribution in [1.82, 2.24) is 30.0 Å². The first kappa shape index (κ1) is 26.7. The third kappa shape index (κ3) is 5.70. The molecule has 1 aliphatic heterocycles. The van der Waals surface area contributed by atoms with Gasteiger partial charge in [0.05, 0.1) is 31.6 Å². The van der Waals surface area contributed by atoms with Crippen molar-refractivity contribution in [3.63, 3.8) is 0 Å². The number of oxazole rings is 1. The van der Waals surface area contributed by atoms with Crippen LogP contribution in [0.15, 0.2) is 71.5 Å². The van der Waals surface area contributed by atoms with E-state index in [1.54, 1.807) is 48.9 Å². The molecule has 1 N–H and O–H groups in total. The number of H-pyrrole nitrogens is 1. The summed E-state index contributed by atoms with van der Waals surface area (Å²) in [5, 5.41) is 8.18. The third-order valence-electron chi connectivity index (χ3n) is 7.41. The molecule has 1 aliphatic rings. The lowest BCUT2D eigenvalue weighted by Gasteiger charge is -2.36. The summed E-state index contributed by atoms with van der Waals surface area (Å²) in [5.74, 6) is 1.39. The maximum atomic E-state index is 13.1. The van der Waals surface area contributed by atoms with E-state index in [4.69, 9.17) is 13.9 Å². The highest BCUT2D eigenvalue weighted by Gasteiger charge is 2.22. The molecule has 10 heteroatoms. The van der Waals surface area contributed by atoms with Crippen LogP contribution in [0.3, 0.4) is 0 Å². The number of fused-ring (bicyclic) bond motifs is 1. The van der Waals surface area contributed by atoms with Crippen LogP contribution in [0.1, 0.15) is 30.0 Å². The van der Waals surface area contributed by atoms with Crippen molar-refractivity contribution in [2.45, 2.75) is 26.4 Å². The number of para-hydroxylation sites is 1. The molecule has 4 heterocycles. The second kappa shape index (κ2) is 11.5. The van der Waals surface area contributed by atoms with Gasteiger partial charge in [-0.3, -0.25) is 14.9 Å². The van der Waals surface area contributed by atoms with Gasteiger partial charge in [-0.2, -0.15) is 5.10 Å². The maximum Gasteiger partial charge on any atom is 0.349 e. The van der Waals surface area contributed by atoms with Crippen molar-refractivity contribution in [3.05, 3.63) is 78.4 Å². The number of methoxy groups -OCH3 is 1. The zero-order valence-electron chi connectivity index (χ0n) is 23.3. The number of esters is 1. The number of hydrogen-bond acceptors (Lipinski definition) is 9. The Balaban J connectivity index is 1.28. The number of ether oxygens (including phenoxy) is 2. The molecule has 0 aliphatic carbocycles. The maximum absolute atomic E-state index is 13.1. The lowest BCUT2D eigenvalue weighted by molar-refractivity contribution is 0.0730. The van der Waals surface area contributed by atoms with E-state index in [0.29, 0.717) is 29.8 Å². The standard InChI is InChI=1S/C31H32N6O4/c1-20(2)37-11-9-36(10-12-37)19-24-17-33-30(40-24)25-13-21(15-28-27(25)18-34-35-28)22-14-26(29(39-3)32-16-22)31(38)41-23-7-5-4-6-8-23/h4-8,13-18,20H,9-12,19H2,1-3H3,(H,34,35). The molecule has 41 heavy (non-hydrogen) atoms. The molecule has 0 amide bonds. The Morgan fingerprint density at radius 1 is 1.00 bits per heavy atom. The molecular formula is C31H32N6O4. The van der Waals surface area contributed by atoms with Crippen molar-refractivity contribution >= 4 is 16.9 Å². The molecule has 6 rings (SSSR count). The van der Waals surface area contributed by atoms with Crippen LogP contribution in [0.25, 0.3) is 33.5 Å². The predicted molar refractivity (Wildman–Crippen MR) is 155 cm³/mol. The van der Waals surface area contributed by atoms with Gasteiger partial charge in [0.25, 0.3) is 0 Å². The molecule has 10 nitrogen and oxygen atoms in total. The fourth-order valence-electron chi connectivity index (χ4n) is 5.13. The number of hydrogen-bond donors (Lipinski definition) is 1. The minimum Gasteiger partial charge on any atom is -0.480 e. The Kier molecular flexibility index (Phi) is 7.49. The van der Waals surface area contributed by atoms with Gasteiger partial charge < -0.3 is 13.9 Å². The monoisotopic (exact) mass is 552 g/mol. The molecule has 0 radical (unpaired) electrons. The zero-order chi connectivity index (χ0) is 28.3. The van der Waals surface area contributed by atoms with E-state index in [9.17, 15) is 4.79 Å². The first-order valence-corrected chi connectivity index (χ1v) is 13.7. The van der Waals surface area contributed by atoms with Gasteiger partial charge in [0.2, 0.25) is 11.8 Å². The summed E-state index contributed by atoms with van der Waals surface area (Å²) in [7, 11) is 1.47. The second-order valence-electron chi connectivity index (χ2n) is 10.4. The largest absolute Gasteiger partial charge is 0.480 e. The number of aromatic nitrogens is 4. The Hall–Kier alpha value is -4.54. The Labute approximate surface area is 237 Å². The van der Waals surface area contributed by atoms with E-state index in [0.717, 1.165) is 54.0 Å². The smallest absolute Gasteiger partial charge is 0.349 e. The van der Waals surface area contributed by atoms with E-state index in [2.05, 4.69) is 43.8 Å². The topological polar surface area (TPSA) is 110 Å². The summed E-state index contributed by atoms with van der Waals surface area (Å²) in [6.07, 6.45) is 5.23. The highest BCUT2D eigenvalue weighted by molar-refractivity contribution is 5.98. The Morgan fingerprint density at radius 3 is 2.56 bits per heavy atom. The van der Waals surface area contributed by atoms with Gasteiger partial charge >= 0.3 is 5.97 Å². The van der Waals surface area contributed by atoms with Gasteiger partial charge in [-0.15, -0.1) is 0 Å². The second-order valence-corrected chi connectivity index (χ2v) is 10.4. The van der Waals surface area contributed by atoms with Gasteiger partial charge in [-0.05, 0) is 49.7 Å². The number of nitrogens with zero attached hydrogens (tertiary/aromatic N) is 5. The van der Waals surface area contributed by atoms with Crippen molar-refractivity contribution < 1.29 is 18.7 Å². The molecule has 1 saturated heterocycles. The number of piperazine rings is 1. The van der Waals surface area contributed by atoms with Crippen molar-refractivity contribution in [2.75, 3.05) is 33.3 Å². The van der Waals surface area contributed by atoms with Gasteiger partial charge in [-0.25, -0.2) is 14.8 Å². The predicted octanol–water partition coefficient (Wildman–Crippen LogP) is 5.03. The van der Waals surface area contributed by atoms with Crippen molar-refractivity contribution in [3.8, 4) is 34.2 Å². The summed E-state index contributed by atoms with van der Waals surface area (Å²) in [6.45, 7) is 9.28. The third-order valence-corrected chi connectivity index (χ3v) is 7.41. The SMILES string of the molecule is COc1ncc(-c2cc(-c3ncc(CN4CCN(C(C)C)CC4)o3)c3cn[nH]c3c2)cc1C(=O)Oc1ccccc1. The summed E-state index contributed by atoms with van der Waals surface area (Å²) >= 11 is 0. The van der Waals surface area contributed by atoms with Crippen LogP contribution < -0.4 is 9.47 Å². The fourth-order valence-corrected chi connectivity index (χ4v) is 5.13. The van der Waals surface area contributed by atoms with Gasteiger partial charge in [0.1, 0.15) is 17.1 Å². The molecule has 210 valence electrons. The number of aromatic amines is 1. The van der Waals surface area contributed by atoms with Crippen LogP contribution >= 0.6 is 0 Å². The van der Waals surface area contributed by atoms with E-state index >= 15 is 0 Å². The lowest BCUT2D eigenvalue weighted by atomic mass is 10.00. The van der Waals surface area contributed by atoms with Crippen LogP contribution in [0.2, 0.25) is 0 Å². The van der Waals surface area contributed by atoms with Gasteiger partial charge in [0, 0.05) is 54.9 Å². The highest BCUT2D eigenvalue weighted by atomic mass is 16.5. The first-order valence-electron chi connectivity index (χ1n) is 13.7. The molecule has 5 aromatic rings. The average molecular weight is 553 g/mol. The summed E-state index contributed by atoms with van der Waals surface area (Å²) in [4.78, 5) is 27.0. The summed E-state index contributed by atoms with van der Waals surface area (Å²) in [6, 6.07) is 15.1. The molecule has 0 bridgehead atoms. The van der Waals surface area contributed by atoms with E-state index < -0.39 is 5.97 Å². The number of rotatable bonds is 8. The zero-order valence-corrected chi connectivity index (χ0v) is 23.3. The summed E-state index contributed by atoms with van der Waals surface area (Å²) in [5.41, 5.74) is 3.34. The molecule has 0 atom stereocenters. The quantitative estimate of drug-likeness (QED) is 0.209. The van der Waals surface area contributed by atoms with Gasteiger partial charge in [0.15, 0.2) is 0 Å². The van der Waals surface area contributed by atoms with Crippen molar-refractivity contribution in [1.29, 1.82) is 0 Å². The molecule has 2 aromatic carbocycles. The fraction of sp³-hybridized carbons (Fsp3) is 0.290. The number of carbonyl (C=O) groups excluding carboxylic acids is 1. The van der Waals surface area contributed by atoms with Crippen LogP contribution in [0.4, 0.5) is 0 Å². The Morgan fingerprint density at radius 2 is 1.80 bits per heavy atom. The van der Waals surface area contributed by atoms with Crippen LogP contribution in [-0.2, 0) is 6.54 Å². The Bertz CT molecular complexity index is 1650. The van der Waals surface area contributed by atoms with E-state index in [1.807, 2.05) is 18.2 Å². The van der Waals surface area contributed by atoms with E-state index in [-0.39, 0.29) is 11.4 Å². The first-order chi connectivity index (χ1) is 20.0. The minimum absolute atomic E-state index is 0.184. The van der Waals surface area contributed by atoms with Crippen LogP contribution in [-0.4, -0.2) is 75.3 Å². The number of nitrogens with one attached hydrogen (secondary N) is 1. The lowest BCUT2D eigenvalue weighted by Crippen LogP contribution is -2.48. The van der Waals surface area contributed by atoms with E-state index in [1.165, 1.54) is 7.11 Å². The molecule has 0 unspecified atom stereocenters. The summed E-state index contributed by atoms with van der Waals surface area (Å²) < 4.78 is 17.2. The highest BCUT2D eigenvalue weighted by Crippen LogP contribution is 2.34. The number of carbonyl (C=O) groups is 1. The van der Waals surface area contributed by atoms with Crippen LogP contribution in [0, 0.1) is 0 Å². The normalized spacial score (nSPS) is 14.5. The molecular weight excluding hydrogens is 520 g/mol. The average Bonchev–Trinajstić information content (AvgIpc) is 3.67.